The number of carbonyl (C=O) groups excluding carboxylic acids is 2. The molecule has 2 N–H and O–H groups in total. The second-order valence-electron chi connectivity index (χ2n) is 8.21. The van der Waals surface area contributed by atoms with Gasteiger partial charge in [0.1, 0.15) is 18.4 Å². The average Bonchev–Trinajstić information content (AvgIpc) is 2.83. The maximum absolute atomic E-state index is 12.6. The van der Waals surface area contributed by atoms with E-state index in [2.05, 4.69) is 28.8 Å². The molecule has 1 aliphatic carbocycles. The van der Waals surface area contributed by atoms with Gasteiger partial charge in [-0.15, -0.1) is 0 Å². The lowest BCUT2D eigenvalue weighted by Gasteiger charge is -2.26. The molecule has 0 bridgehead atoms. The van der Waals surface area contributed by atoms with Gasteiger partial charge in [0.2, 0.25) is 5.91 Å². The van der Waals surface area contributed by atoms with Crippen molar-refractivity contribution < 1.29 is 14.3 Å². The number of ether oxygens (including phenoxy) is 1. The van der Waals surface area contributed by atoms with E-state index in [1.807, 2.05) is 36.4 Å². The molecule has 0 saturated heterocycles. The number of nitrogens with one attached hydrogen (secondary N) is 2. The smallest absolute Gasteiger partial charge is 0.251 e. The Hall–Kier alpha value is -3.60. The van der Waals surface area contributed by atoms with Crippen LogP contribution in [0.25, 0.3) is 0 Å². The fourth-order valence-corrected chi connectivity index (χ4v) is 3.94. The molecule has 1 aliphatic rings. The Morgan fingerprint density at radius 2 is 1.62 bits per heavy atom. The molecule has 5 nitrogen and oxygen atoms in total. The van der Waals surface area contributed by atoms with Gasteiger partial charge >= 0.3 is 0 Å². The van der Waals surface area contributed by atoms with Gasteiger partial charge in [-0.05, 0) is 67.1 Å². The fourth-order valence-electron chi connectivity index (χ4n) is 3.94. The van der Waals surface area contributed by atoms with E-state index in [1.54, 1.807) is 31.2 Å². The maximum atomic E-state index is 12.6. The number of fused-ring (bicyclic) bond motifs is 1. The summed E-state index contributed by atoms with van der Waals surface area (Å²) in [6, 6.07) is 24.7. The zero-order chi connectivity index (χ0) is 22.3. The average molecular weight is 429 g/mol. The predicted octanol–water partition coefficient (Wildman–Crippen LogP) is 4.06. The number of aryl methyl sites for hydroxylation is 1. The molecule has 164 valence electrons. The van der Waals surface area contributed by atoms with Crippen LogP contribution in [0.15, 0.2) is 78.9 Å². The van der Waals surface area contributed by atoms with E-state index in [0.717, 1.165) is 24.8 Å². The third-order valence-corrected chi connectivity index (χ3v) is 5.80. The van der Waals surface area contributed by atoms with Gasteiger partial charge in [-0.3, -0.25) is 9.59 Å². The highest BCUT2D eigenvalue weighted by Crippen LogP contribution is 2.21. The number of hydrogen-bond donors (Lipinski definition) is 2. The molecule has 2 unspecified atom stereocenters. The highest BCUT2D eigenvalue weighted by atomic mass is 16.5. The third kappa shape index (κ3) is 5.55. The van der Waals surface area contributed by atoms with E-state index in [9.17, 15) is 9.59 Å². The van der Waals surface area contributed by atoms with Gasteiger partial charge in [-0.25, -0.2) is 0 Å². The van der Waals surface area contributed by atoms with E-state index in [-0.39, 0.29) is 17.9 Å². The van der Waals surface area contributed by atoms with Gasteiger partial charge < -0.3 is 15.4 Å². The molecule has 2 atom stereocenters. The summed E-state index contributed by atoms with van der Waals surface area (Å²) in [7, 11) is 0. The molecule has 2 amide bonds. The minimum Gasteiger partial charge on any atom is -0.489 e. The molecule has 32 heavy (non-hydrogen) atoms. The first kappa shape index (κ1) is 21.6. The molecular weight excluding hydrogens is 400 g/mol. The number of rotatable bonds is 7. The number of benzene rings is 3. The van der Waals surface area contributed by atoms with Crippen LogP contribution in [-0.2, 0) is 24.2 Å². The van der Waals surface area contributed by atoms with E-state index in [0.29, 0.717) is 17.9 Å². The van der Waals surface area contributed by atoms with Crippen molar-refractivity contribution in [2.75, 3.05) is 0 Å². The normalized spacial score (nSPS) is 15.8. The Bertz CT molecular complexity index is 1060. The van der Waals surface area contributed by atoms with Crippen molar-refractivity contribution in [2.45, 2.75) is 44.9 Å². The van der Waals surface area contributed by atoms with Gasteiger partial charge in [-0.1, -0.05) is 54.6 Å². The minimum absolute atomic E-state index is 0.0952. The summed E-state index contributed by atoms with van der Waals surface area (Å²) in [5.41, 5.74) is 4.21. The van der Waals surface area contributed by atoms with Crippen molar-refractivity contribution in [1.29, 1.82) is 0 Å². The lowest BCUT2D eigenvalue weighted by atomic mass is 9.88. The molecule has 0 saturated carbocycles. The molecule has 0 heterocycles. The topological polar surface area (TPSA) is 67.4 Å². The second kappa shape index (κ2) is 10.1. The third-order valence-electron chi connectivity index (χ3n) is 5.80. The molecule has 0 spiro atoms. The van der Waals surface area contributed by atoms with Crippen LogP contribution >= 0.6 is 0 Å². The molecular formula is C27H28N2O3. The molecule has 3 aromatic carbocycles. The molecule has 5 heteroatoms. The summed E-state index contributed by atoms with van der Waals surface area (Å²) in [4.78, 5) is 25.2. The van der Waals surface area contributed by atoms with E-state index >= 15 is 0 Å². The second-order valence-corrected chi connectivity index (χ2v) is 8.21. The number of hydrogen-bond acceptors (Lipinski definition) is 3. The van der Waals surface area contributed by atoms with Gasteiger partial charge in [0.05, 0.1) is 0 Å². The fraction of sp³-hybridized carbons (Fsp3) is 0.259. The number of carbonyl (C=O) groups is 2. The Morgan fingerprint density at radius 3 is 2.38 bits per heavy atom. The van der Waals surface area contributed by atoms with E-state index in [4.69, 9.17) is 4.74 Å². The van der Waals surface area contributed by atoms with E-state index in [1.165, 1.54) is 11.1 Å². The van der Waals surface area contributed by atoms with Gasteiger partial charge in [0.25, 0.3) is 5.91 Å². The Balaban J connectivity index is 1.26. The maximum Gasteiger partial charge on any atom is 0.251 e. The van der Waals surface area contributed by atoms with Gasteiger partial charge in [-0.2, -0.15) is 0 Å². The summed E-state index contributed by atoms with van der Waals surface area (Å²) in [6.45, 7) is 2.18. The predicted molar refractivity (Wildman–Crippen MR) is 125 cm³/mol. The summed E-state index contributed by atoms with van der Waals surface area (Å²) in [5.74, 6) is 0.246. The van der Waals surface area contributed by atoms with Crippen LogP contribution in [0.1, 0.15) is 40.4 Å². The van der Waals surface area contributed by atoms with E-state index < -0.39 is 6.04 Å². The van der Waals surface area contributed by atoms with Crippen LogP contribution < -0.4 is 15.4 Å². The van der Waals surface area contributed by atoms with Crippen molar-refractivity contribution >= 4 is 11.8 Å². The Labute approximate surface area is 188 Å². The largest absolute Gasteiger partial charge is 0.489 e. The van der Waals surface area contributed by atoms with Crippen LogP contribution in [0.3, 0.4) is 0 Å². The Kier molecular flexibility index (Phi) is 6.85. The van der Waals surface area contributed by atoms with Crippen molar-refractivity contribution in [3.63, 3.8) is 0 Å². The van der Waals surface area contributed by atoms with Crippen molar-refractivity contribution in [1.82, 2.24) is 10.6 Å². The Morgan fingerprint density at radius 1 is 0.938 bits per heavy atom. The SMILES string of the molecule is CC(NC(=O)c1ccc(OCc2ccccc2)cc1)C(=O)NC1CCc2ccccc2C1. The molecule has 0 aliphatic heterocycles. The summed E-state index contributed by atoms with van der Waals surface area (Å²) >= 11 is 0. The van der Waals surface area contributed by atoms with Crippen molar-refractivity contribution in [2.24, 2.45) is 0 Å². The van der Waals surface area contributed by atoms with Crippen LogP contribution in [0.4, 0.5) is 0 Å². The summed E-state index contributed by atoms with van der Waals surface area (Å²) in [5, 5.41) is 5.87. The van der Waals surface area contributed by atoms with Crippen molar-refractivity contribution in [3.8, 4) is 5.75 Å². The first-order chi connectivity index (χ1) is 15.6. The molecule has 0 aromatic heterocycles. The highest BCUT2D eigenvalue weighted by molar-refractivity contribution is 5.97. The lowest BCUT2D eigenvalue weighted by molar-refractivity contribution is -0.123. The molecule has 4 rings (SSSR count). The standard InChI is InChI=1S/C27H28N2O3/c1-19(26(30)29-24-14-11-21-9-5-6-10-23(21)17-24)28-27(31)22-12-15-25(16-13-22)32-18-20-7-3-2-4-8-20/h2-10,12-13,15-16,19,24H,11,14,17-18H2,1H3,(H,28,31)(H,29,30). The first-order valence-electron chi connectivity index (χ1n) is 11.0. The molecule has 3 aromatic rings. The first-order valence-corrected chi connectivity index (χ1v) is 11.0. The number of amides is 2. The molecule has 0 fully saturated rings. The van der Waals surface area contributed by atoms with Crippen molar-refractivity contribution in [3.05, 3.63) is 101 Å². The quantitative estimate of drug-likeness (QED) is 0.596. The zero-order valence-electron chi connectivity index (χ0n) is 18.2. The highest BCUT2D eigenvalue weighted by Gasteiger charge is 2.23. The van der Waals surface area contributed by atoms with Gasteiger partial charge in [0.15, 0.2) is 0 Å². The minimum atomic E-state index is -0.617. The van der Waals surface area contributed by atoms with Crippen LogP contribution in [0.5, 0.6) is 5.75 Å². The van der Waals surface area contributed by atoms with Gasteiger partial charge in [0, 0.05) is 11.6 Å². The van der Waals surface area contributed by atoms with Crippen LogP contribution in [0.2, 0.25) is 0 Å². The van der Waals surface area contributed by atoms with Crippen LogP contribution in [-0.4, -0.2) is 23.9 Å². The van der Waals surface area contributed by atoms with Crippen LogP contribution in [0, 0.1) is 0 Å². The zero-order valence-corrected chi connectivity index (χ0v) is 18.2. The monoisotopic (exact) mass is 428 g/mol. The summed E-state index contributed by atoms with van der Waals surface area (Å²) < 4.78 is 5.76. The lowest BCUT2D eigenvalue weighted by Crippen LogP contribution is -2.49. The summed E-state index contributed by atoms with van der Waals surface area (Å²) in [6.07, 6.45) is 2.70. The molecule has 0 radical (unpaired) electrons.